The summed E-state index contributed by atoms with van der Waals surface area (Å²) in [5.74, 6) is 0.794. The van der Waals surface area contributed by atoms with Crippen LogP contribution in [0.15, 0.2) is 12.1 Å². The summed E-state index contributed by atoms with van der Waals surface area (Å²) in [5.41, 5.74) is 0.209. The molecule has 4 heteroatoms. The first-order valence-electron chi connectivity index (χ1n) is 7.09. The van der Waals surface area contributed by atoms with Gasteiger partial charge < -0.3 is 10.2 Å². The van der Waals surface area contributed by atoms with Crippen LogP contribution in [-0.4, -0.2) is 31.6 Å². The van der Waals surface area contributed by atoms with Crippen LogP contribution in [0, 0.1) is 5.92 Å². The first-order chi connectivity index (χ1) is 8.99. The van der Waals surface area contributed by atoms with Crippen molar-refractivity contribution >= 4 is 22.9 Å². The average molecular weight is 301 g/mol. The van der Waals surface area contributed by atoms with Crippen molar-refractivity contribution in [1.82, 2.24) is 10.2 Å². The predicted molar refractivity (Wildman–Crippen MR) is 85.2 cm³/mol. The molecule has 3 atom stereocenters. The fraction of sp³-hybridized carbons (Fsp3) is 0.733. The van der Waals surface area contributed by atoms with Crippen LogP contribution in [-0.2, 0) is 0 Å². The van der Waals surface area contributed by atoms with Crippen LogP contribution < -0.4 is 5.32 Å². The van der Waals surface area contributed by atoms with E-state index in [-0.39, 0.29) is 5.54 Å². The van der Waals surface area contributed by atoms with E-state index in [9.17, 15) is 0 Å². The predicted octanol–water partition coefficient (Wildman–Crippen LogP) is 4.17. The van der Waals surface area contributed by atoms with Crippen LogP contribution in [0.1, 0.15) is 43.5 Å². The number of hydrogen-bond acceptors (Lipinski definition) is 3. The highest BCUT2D eigenvalue weighted by Crippen LogP contribution is 2.45. The van der Waals surface area contributed by atoms with Crippen LogP contribution in [0.3, 0.4) is 0 Å². The Labute approximate surface area is 126 Å². The Morgan fingerprint density at radius 1 is 1.47 bits per heavy atom. The van der Waals surface area contributed by atoms with Crippen molar-refractivity contribution in [3.8, 4) is 0 Å². The Morgan fingerprint density at radius 3 is 2.68 bits per heavy atom. The largest absolute Gasteiger partial charge is 0.311 e. The molecule has 0 spiro atoms. The Balaban J connectivity index is 2.35. The van der Waals surface area contributed by atoms with Gasteiger partial charge in [-0.1, -0.05) is 31.4 Å². The summed E-state index contributed by atoms with van der Waals surface area (Å²) < 4.78 is 0.882. The van der Waals surface area contributed by atoms with Gasteiger partial charge in [-0.2, -0.15) is 0 Å². The quantitative estimate of drug-likeness (QED) is 0.897. The number of likely N-dealkylation sites (N-methyl/N-ethyl adjacent to an activating group) is 2. The summed E-state index contributed by atoms with van der Waals surface area (Å²) in [6.45, 7) is 2.38. The van der Waals surface area contributed by atoms with E-state index in [1.54, 1.807) is 11.3 Å². The number of thiophene rings is 1. The van der Waals surface area contributed by atoms with Gasteiger partial charge in [0.25, 0.3) is 0 Å². The van der Waals surface area contributed by atoms with Gasteiger partial charge >= 0.3 is 0 Å². The van der Waals surface area contributed by atoms with Crippen LogP contribution >= 0.6 is 22.9 Å². The molecule has 2 nitrogen and oxygen atoms in total. The fourth-order valence-electron chi connectivity index (χ4n) is 3.65. The average Bonchev–Trinajstić information content (AvgIpc) is 2.76. The van der Waals surface area contributed by atoms with E-state index in [1.807, 2.05) is 6.07 Å². The molecular formula is C15H25ClN2S. The molecule has 1 N–H and O–H groups in total. The van der Waals surface area contributed by atoms with Crippen LogP contribution in [0.25, 0.3) is 0 Å². The lowest BCUT2D eigenvalue weighted by Gasteiger charge is -2.50. The van der Waals surface area contributed by atoms with Gasteiger partial charge in [-0.25, -0.2) is 0 Å². The molecular weight excluding hydrogens is 276 g/mol. The molecule has 1 fully saturated rings. The van der Waals surface area contributed by atoms with Gasteiger partial charge in [-0.15, -0.1) is 11.3 Å². The zero-order valence-electron chi connectivity index (χ0n) is 12.4. The molecule has 1 aromatic heterocycles. The maximum absolute atomic E-state index is 6.13. The molecule has 2 rings (SSSR count). The van der Waals surface area contributed by atoms with Gasteiger partial charge in [0.2, 0.25) is 0 Å². The minimum absolute atomic E-state index is 0.209. The topological polar surface area (TPSA) is 15.3 Å². The number of nitrogens with one attached hydrogen (secondary N) is 1. The minimum atomic E-state index is 0.209. The van der Waals surface area contributed by atoms with Gasteiger partial charge in [0.1, 0.15) is 0 Å². The minimum Gasteiger partial charge on any atom is -0.311 e. The normalized spacial score (nSPS) is 29.7. The third-order valence-electron chi connectivity index (χ3n) is 4.60. The van der Waals surface area contributed by atoms with Crippen molar-refractivity contribution in [2.75, 3.05) is 21.1 Å². The van der Waals surface area contributed by atoms with E-state index >= 15 is 0 Å². The fourth-order valence-corrected chi connectivity index (χ4v) is 4.93. The monoisotopic (exact) mass is 300 g/mol. The van der Waals surface area contributed by atoms with Crippen LogP contribution in [0.5, 0.6) is 0 Å². The molecule has 0 amide bonds. The van der Waals surface area contributed by atoms with E-state index in [2.05, 4.69) is 44.3 Å². The van der Waals surface area contributed by atoms with Crippen molar-refractivity contribution in [2.24, 2.45) is 5.92 Å². The molecule has 1 aromatic rings. The molecule has 0 radical (unpaired) electrons. The molecule has 108 valence electrons. The lowest BCUT2D eigenvalue weighted by Crippen LogP contribution is -2.55. The zero-order valence-corrected chi connectivity index (χ0v) is 13.9. The van der Waals surface area contributed by atoms with E-state index < -0.39 is 0 Å². The molecule has 0 saturated heterocycles. The maximum Gasteiger partial charge on any atom is 0.0931 e. The van der Waals surface area contributed by atoms with Crippen molar-refractivity contribution in [3.05, 3.63) is 21.3 Å². The molecule has 0 bridgehead atoms. The standard InChI is InChI=1S/C15H25ClN2S/c1-11-6-5-9-15(10-11,18(3)4)14(17-2)12-7-8-13(16)19-12/h7-8,11,14,17H,5-6,9-10H2,1-4H3. The molecule has 1 heterocycles. The summed E-state index contributed by atoms with van der Waals surface area (Å²) in [5, 5.41) is 3.55. The summed E-state index contributed by atoms with van der Waals surface area (Å²) in [4.78, 5) is 3.78. The Kier molecular flexibility index (Phi) is 4.93. The highest BCUT2D eigenvalue weighted by molar-refractivity contribution is 7.16. The molecule has 19 heavy (non-hydrogen) atoms. The van der Waals surface area contributed by atoms with Crippen molar-refractivity contribution in [2.45, 2.75) is 44.2 Å². The van der Waals surface area contributed by atoms with E-state index in [1.165, 1.54) is 30.6 Å². The molecule has 1 saturated carbocycles. The summed E-state index contributed by atoms with van der Waals surface area (Å²) in [6, 6.07) is 4.56. The lowest BCUT2D eigenvalue weighted by atomic mass is 9.71. The highest BCUT2D eigenvalue weighted by atomic mass is 35.5. The molecule has 1 aliphatic carbocycles. The third kappa shape index (κ3) is 2.99. The van der Waals surface area contributed by atoms with E-state index in [0.29, 0.717) is 6.04 Å². The van der Waals surface area contributed by atoms with Crippen LogP contribution in [0.2, 0.25) is 4.34 Å². The first-order valence-corrected chi connectivity index (χ1v) is 8.29. The zero-order chi connectivity index (χ0) is 14.0. The van der Waals surface area contributed by atoms with Crippen molar-refractivity contribution < 1.29 is 0 Å². The smallest absolute Gasteiger partial charge is 0.0931 e. The lowest BCUT2D eigenvalue weighted by molar-refractivity contribution is 0.0404. The molecule has 1 aliphatic rings. The summed E-state index contributed by atoms with van der Waals surface area (Å²) in [7, 11) is 6.51. The summed E-state index contributed by atoms with van der Waals surface area (Å²) in [6.07, 6.45) is 5.18. The second-order valence-corrected chi connectivity index (χ2v) is 7.81. The third-order valence-corrected chi connectivity index (χ3v) is 5.90. The molecule has 0 aliphatic heterocycles. The number of hydrogen-bond donors (Lipinski definition) is 1. The van der Waals surface area contributed by atoms with Crippen LogP contribution in [0.4, 0.5) is 0 Å². The van der Waals surface area contributed by atoms with Gasteiger partial charge in [0.05, 0.1) is 10.4 Å². The molecule has 0 aromatic carbocycles. The van der Waals surface area contributed by atoms with Gasteiger partial charge in [-0.3, -0.25) is 0 Å². The SMILES string of the molecule is CNC(c1ccc(Cl)s1)C1(N(C)C)CCCC(C)C1. The Bertz CT molecular complexity index is 418. The van der Waals surface area contributed by atoms with E-state index in [4.69, 9.17) is 11.6 Å². The van der Waals surface area contributed by atoms with E-state index in [0.717, 1.165) is 10.3 Å². The van der Waals surface area contributed by atoms with Crippen molar-refractivity contribution in [1.29, 1.82) is 0 Å². The van der Waals surface area contributed by atoms with Crippen molar-refractivity contribution in [3.63, 3.8) is 0 Å². The van der Waals surface area contributed by atoms with Gasteiger partial charge in [0.15, 0.2) is 0 Å². The second-order valence-electron chi connectivity index (χ2n) is 6.06. The number of nitrogens with zero attached hydrogens (tertiary/aromatic N) is 1. The Hall–Kier alpha value is -0.0900. The van der Waals surface area contributed by atoms with Gasteiger partial charge in [0, 0.05) is 10.4 Å². The number of rotatable bonds is 4. The molecule has 3 unspecified atom stereocenters. The second kappa shape index (κ2) is 6.13. The highest BCUT2D eigenvalue weighted by Gasteiger charge is 2.44. The maximum atomic E-state index is 6.13. The van der Waals surface area contributed by atoms with Gasteiger partial charge in [-0.05, 0) is 52.0 Å². The first kappa shape index (κ1) is 15.3. The Morgan fingerprint density at radius 2 is 2.21 bits per heavy atom. The summed E-state index contributed by atoms with van der Waals surface area (Å²) >= 11 is 7.84. The number of halogens is 1.